The number of carboxylic acid groups (broad SMARTS) is 1. The van der Waals surface area contributed by atoms with Crippen LogP contribution in [0.15, 0.2) is 0 Å². The Hall–Kier alpha value is -0.650. The van der Waals surface area contributed by atoms with Gasteiger partial charge in [-0.2, -0.15) is 0 Å². The van der Waals surface area contributed by atoms with Crippen molar-refractivity contribution in [1.82, 2.24) is 0 Å². The molecule has 0 radical (unpaired) electrons. The molecule has 1 N–H and O–H groups in total. The molecular formula is C12H22O5. The van der Waals surface area contributed by atoms with Crippen molar-refractivity contribution in [3.63, 3.8) is 0 Å². The monoisotopic (exact) mass is 246 g/mol. The van der Waals surface area contributed by atoms with Crippen LogP contribution < -0.4 is 0 Å². The second-order valence-corrected chi connectivity index (χ2v) is 4.54. The molecule has 0 bridgehead atoms. The third-order valence-corrected chi connectivity index (χ3v) is 3.25. The highest BCUT2D eigenvalue weighted by Gasteiger charge is 2.28. The molecule has 0 aromatic rings. The van der Waals surface area contributed by atoms with E-state index in [1.54, 1.807) is 14.2 Å². The van der Waals surface area contributed by atoms with Crippen LogP contribution in [-0.4, -0.2) is 44.8 Å². The summed E-state index contributed by atoms with van der Waals surface area (Å²) < 4.78 is 15.7. The van der Waals surface area contributed by atoms with Crippen molar-refractivity contribution in [2.75, 3.05) is 27.4 Å². The number of hydrogen-bond donors (Lipinski definition) is 1. The molecule has 0 spiro atoms. The van der Waals surface area contributed by atoms with E-state index in [0.717, 1.165) is 25.7 Å². The normalized spacial score (nSPS) is 25.1. The topological polar surface area (TPSA) is 65.0 Å². The summed E-state index contributed by atoms with van der Waals surface area (Å²) in [5.41, 5.74) is 0. The summed E-state index contributed by atoms with van der Waals surface area (Å²) in [5, 5.41) is 8.49. The summed E-state index contributed by atoms with van der Waals surface area (Å²) in [4.78, 5) is 10.3. The van der Waals surface area contributed by atoms with Crippen LogP contribution in [-0.2, 0) is 19.0 Å². The zero-order valence-corrected chi connectivity index (χ0v) is 10.6. The van der Waals surface area contributed by atoms with Gasteiger partial charge in [0.1, 0.15) is 6.61 Å². The first-order chi connectivity index (χ1) is 8.17. The summed E-state index contributed by atoms with van der Waals surface area (Å²) >= 11 is 0. The van der Waals surface area contributed by atoms with E-state index in [9.17, 15) is 4.79 Å². The first kappa shape index (κ1) is 14.4. The lowest BCUT2D eigenvalue weighted by molar-refractivity contribution is -0.151. The molecule has 17 heavy (non-hydrogen) atoms. The number of ether oxygens (including phenoxy) is 3. The van der Waals surface area contributed by atoms with Gasteiger partial charge in [-0.15, -0.1) is 0 Å². The molecule has 5 nitrogen and oxygen atoms in total. The van der Waals surface area contributed by atoms with Gasteiger partial charge in [-0.05, 0) is 25.2 Å². The molecule has 2 atom stereocenters. The van der Waals surface area contributed by atoms with Gasteiger partial charge in [0.15, 0.2) is 6.29 Å². The average Bonchev–Trinajstić information content (AvgIpc) is 2.31. The Kier molecular flexibility index (Phi) is 6.47. The van der Waals surface area contributed by atoms with E-state index in [2.05, 4.69) is 0 Å². The van der Waals surface area contributed by atoms with Crippen LogP contribution >= 0.6 is 0 Å². The van der Waals surface area contributed by atoms with E-state index in [-0.39, 0.29) is 12.9 Å². The van der Waals surface area contributed by atoms with Crippen molar-refractivity contribution in [2.24, 2.45) is 11.8 Å². The second kappa shape index (κ2) is 7.63. The molecule has 1 fully saturated rings. The molecule has 0 saturated heterocycles. The molecular weight excluding hydrogens is 224 g/mol. The molecule has 0 heterocycles. The highest BCUT2D eigenvalue weighted by molar-refractivity contribution is 5.67. The minimum absolute atomic E-state index is 0.155. The Morgan fingerprint density at radius 2 is 2.06 bits per heavy atom. The van der Waals surface area contributed by atoms with Crippen LogP contribution in [0, 0.1) is 11.8 Å². The average molecular weight is 246 g/mol. The summed E-state index contributed by atoms with van der Waals surface area (Å²) in [5.74, 6) is -0.109. The molecule has 0 aliphatic heterocycles. The third-order valence-electron chi connectivity index (χ3n) is 3.25. The maximum absolute atomic E-state index is 10.3. The largest absolute Gasteiger partial charge is 0.480 e. The number of aliphatic carboxylic acids is 1. The van der Waals surface area contributed by atoms with Gasteiger partial charge in [-0.3, -0.25) is 0 Å². The van der Waals surface area contributed by atoms with Crippen LogP contribution in [0.1, 0.15) is 25.7 Å². The van der Waals surface area contributed by atoms with Crippen molar-refractivity contribution in [3.05, 3.63) is 0 Å². The van der Waals surface area contributed by atoms with Crippen molar-refractivity contribution < 1.29 is 24.1 Å². The van der Waals surface area contributed by atoms with Crippen molar-refractivity contribution >= 4 is 5.97 Å². The van der Waals surface area contributed by atoms with Crippen molar-refractivity contribution in [2.45, 2.75) is 32.0 Å². The van der Waals surface area contributed by atoms with Crippen LogP contribution in [0.5, 0.6) is 0 Å². The molecule has 0 aromatic heterocycles. The first-order valence-corrected chi connectivity index (χ1v) is 6.02. The second-order valence-electron chi connectivity index (χ2n) is 4.54. The Morgan fingerprint density at radius 3 is 2.65 bits per heavy atom. The van der Waals surface area contributed by atoms with Gasteiger partial charge in [0.25, 0.3) is 0 Å². The summed E-state index contributed by atoms with van der Waals surface area (Å²) in [6.07, 6.45) is 4.14. The highest BCUT2D eigenvalue weighted by atomic mass is 16.7. The van der Waals surface area contributed by atoms with Gasteiger partial charge in [0.05, 0.1) is 6.61 Å². The lowest BCUT2D eigenvalue weighted by Gasteiger charge is -2.32. The fourth-order valence-electron chi connectivity index (χ4n) is 2.53. The van der Waals surface area contributed by atoms with Gasteiger partial charge in [-0.25, -0.2) is 4.79 Å². The fourth-order valence-corrected chi connectivity index (χ4v) is 2.53. The standard InChI is InChI=1S/C12H22O5/c1-15-12(16-2)10-5-3-4-9(6-10)7-17-8-11(13)14/h9-10,12H,3-8H2,1-2H3,(H,13,14). The first-order valence-electron chi connectivity index (χ1n) is 6.02. The molecule has 0 aromatic carbocycles. The third kappa shape index (κ3) is 5.02. The van der Waals surface area contributed by atoms with E-state index in [1.807, 2.05) is 0 Å². The van der Waals surface area contributed by atoms with E-state index in [0.29, 0.717) is 18.4 Å². The van der Waals surface area contributed by atoms with E-state index >= 15 is 0 Å². The van der Waals surface area contributed by atoms with Crippen molar-refractivity contribution in [1.29, 1.82) is 0 Å². The smallest absolute Gasteiger partial charge is 0.329 e. The molecule has 0 amide bonds. The summed E-state index contributed by atoms with van der Waals surface area (Å²) in [6, 6.07) is 0. The van der Waals surface area contributed by atoms with E-state index in [4.69, 9.17) is 19.3 Å². The zero-order valence-electron chi connectivity index (χ0n) is 10.6. The molecule has 5 heteroatoms. The van der Waals surface area contributed by atoms with Crippen LogP contribution in [0.2, 0.25) is 0 Å². The van der Waals surface area contributed by atoms with Gasteiger partial charge < -0.3 is 19.3 Å². The van der Waals surface area contributed by atoms with E-state index < -0.39 is 5.97 Å². The lowest BCUT2D eigenvalue weighted by atomic mass is 9.81. The van der Waals surface area contributed by atoms with Crippen LogP contribution in [0.25, 0.3) is 0 Å². The lowest BCUT2D eigenvalue weighted by Crippen LogP contribution is -2.31. The van der Waals surface area contributed by atoms with Gasteiger partial charge in [0, 0.05) is 20.1 Å². The number of hydrogen-bond acceptors (Lipinski definition) is 4. The fraction of sp³-hybridized carbons (Fsp3) is 0.917. The Bertz CT molecular complexity index is 227. The molecule has 1 rings (SSSR count). The summed E-state index contributed by atoms with van der Waals surface area (Å²) in [6.45, 7) is 0.308. The van der Waals surface area contributed by atoms with Gasteiger partial charge in [-0.1, -0.05) is 6.42 Å². The Morgan fingerprint density at radius 1 is 1.35 bits per heavy atom. The minimum atomic E-state index is -0.913. The molecule has 1 saturated carbocycles. The maximum atomic E-state index is 10.3. The molecule has 2 unspecified atom stereocenters. The zero-order chi connectivity index (χ0) is 12.7. The van der Waals surface area contributed by atoms with Gasteiger partial charge >= 0.3 is 5.97 Å². The Labute approximate surface area is 102 Å². The SMILES string of the molecule is COC(OC)C1CCCC(COCC(=O)O)C1. The summed E-state index contributed by atoms with van der Waals surface area (Å²) in [7, 11) is 3.30. The maximum Gasteiger partial charge on any atom is 0.329 e. The predicted octanol–water partition coefficient (Wildman–Crippen LogP) is 1.51. The number of carbonyl (C=O) groups is 1. The number of rotatable bonds is 7. The van der Waals surface area contributed by atoms with Gasteiger partial charge in [0.2, 0.25) is 0 Å². The molecule has 1 aliphatic rings. The minimum Gasteiger partial charge on any atom is -0.480 e. The quantitative estimate of drug-likeness (QED) is 0.690. The van der Waals surface area contributed by atoms with E-state index in [1.165, 1.54) is 0 Å². The molecule has 1 aliphatic carbocycles. The van der Waals surface area contributed by atoms with Crippen LogP contribution in [0.4, 0.5) is 0 Å². The highest BCUT2D eigenvalue weighted by Crippen LogP contribution is 2.32. The molecule has 100 valence electrons. The predicted molar refractivity (Wildman–Crippen MR) is 61.7 cm³/mol. The van der Waals surface area contributed by atoms with Crippen LogP contribution in [0.3, 0.4) is 0 Å². The number of methoxy groups -OCH3 is 2. The number of carboxylic acids is 1. The van der Waals surface area contributed by atoms with Crippen molar-refractivity contribution in [3.8, 4) is 0 Å². The Balaban J connectivity index is 2.30.